The highest BCUT2D eigenvalue weighted by Crippen LogP contribution is 2.67. The lowest BCUT2D eigenvalue weighted by Gasteiger charge is -2.52. The van der Waals surface area contributed by atoms with Crippen molar-refractivity contribution in [3.63, 3.8) is 0 Å². The van der Waals surface area contributed by atoms with E-state index in [1.165, 1.54) is 22.3 Å². The zero-order valence-electron chi connectivity index (χ0n) is 37.9. The van der Waals surface area contributed by atoms with E-state index in [0.29, 0.717) is 19.0 Å². The van der Waals surface area contributed by atoms with Crippen LogP contribution in [0.1, 0.15) is 101 Å². The smallest absolute Gasteiger partial charge is 0.178 e. The van der Waals surface area contributed by atoms with E-state index in [-0.39, 0.29) is 16.2 Å². The predicted molar refractivity (Wildman–Crippen MR) is 252 cm³/mol. The quantitative estimate of drug-likeness (QED) is 0.122. The minimum atomic E-state index is -0.977. The number of hydrogen-bond acceptors (Lipinski definition) is 6. The first-order chi connectivity index (χ1) is 29.9. The summed E-state index contributed by atoms with van der Waals surface area (Å²) in [4.78, 5) is 0. The van der Waals surface area contributed by atoms with Crippen LogP contribution >= 0.6 is 0 Å². The summed E-state index contributed by atoms with van der Waals surface area (Å²) in [6.07, 6.45) is 9.74. The van der Waals surface area contributed by atoms with Crippen LogP contribution < -0.4 is 28.4 Å². The largest absolute Gasteiger partial charge is 0.497 e. The number of benzene rings is 6. The summed E-state index contributed by atoms with van der Waals surface area (Å²) < 4.78 is 38.0. The molecule has 0 unspecified atom stereocenters. The van der Waals surface area contributed by atoms with Crippen molar-refractivity contribution in [1.29, 1.82) is 0 Å². The molecule has 1 aliphatic heterocycles. The summed E-state index contributed by atoms with van der Waals surface area (Å²) in [5.41, 5.74) is 9.27. The van der Waals surface area contributed by atoms with Crippen molar-refractivity contribution >= 4 is 16.8 Å². The minimum Gasteiger partial charge on any atom is -0.497 e. The van der Waals surface area contributed by atoms with Gasteiger partial charge in [-0.15, -0.1) is 0 Å². The van der Waals surface area contributed by atoms with E-state index >= 15 is 0 Å². The average molecular weight is 829 g/mol. The molecule has 1 saturated carbocycles. The van der Waals surface area contributed by atoms with Gasteiger partial charge in [-0.3, -0.25) is 0 Å². The van der Waals surface area contributed by atoms with Crippen LogP contribution in [0.4, 0.5) is 0 Å². The second-order valence-electron chi connectivity index (χ2n) is 19.1. The summed E-state index contributed by atoms with van der Waals surface area (Å²) >= 11 is 0. The zero-order valence-corrected chi connectivity index (χ0v) is 37.9. The van der Waals surface area contributed by atoms with Gasteiger partial charge in [0.2, 0.25) is 0 Å². The SMILES string of the molecule is CCCOc1ccc(C2(c3ccc(OCCC)cc3)C=Cc3c4c(c5cc(-c6ccc(OC)cc6OC)c(OC)cc5c3O2)-c2ccccc2C42CC(C)(C)CC(C)(C)C2)cc1. The third-order valence-electron chi connectivity index (χ3n) is 13.3. The molecule has 6 heteroatoms. The Morgan fingerprint density at radius 3 is 1.73 bits per heavy atom. The Morgan fingerprint density at radius 2 is 1.15 bits per heavy atom. The molecule has 62 heavy (non-hydrogen) atoms. The van der Waals surface area contributed by atoms with Crippen molar-refractivity contribution in [3.8, 4) is 56.8 Å². The van der Waals surface area contributed by atoms with Crippen LogP contribution in [-0.2, 0) is 11.0 Å². The molecule has 6 aromatic carbocycles. The monoisotopic (exact) mass is 828 g/mol. The highest BCUT2D eigenvalue weighted by Gasteiger charge is 2.55. The van der Waals surface area contributed by atoms with Gasteiger partial charge in [0.05, 0.1) is 34.5 Å². The molecular weight excluding hydrogens is 769 g/mol. The van der Waals surface area contributed by atoms with Crippen LogP contribution in [0.5, 0.6) is 34.5 Å². The van der Waals surface area contributed by atoms with Crippen LogP contribution in [0.15, 0.2) is 109 Å². The second kappa shape index (κ2) is 15.8. The Morgan fingerprint density at radius 1 is 0.565 bits per heavy atom. The van der Waals surface area contributed by atoms with E-state index in [1.807, 2.05) is 12.1 Å². The molecule has 9 rings (SSSR count). The lowest BCUT2D eigenvalue weighted by atomic mass is 9.52. The molecule has 1 spiro atoms. The summed E-state index contributed by atoms with van der Waals surface area (Å²) in [5.74, 6) is 4.68. The van der Waals surface area contributed by atoms with Crippen LogP contribution in [0, 0.1) is 10.8 Å². The van der Waals surface area contributed by atoms with Gasteiger partial charge < -0.3 is 28.4 Å². The summed E-state index contributed by atoms with van der Waals surface area (Å²) in [7, 11) is 5.12. The van der Waals surface area contributed by atoms with E-state index in [9.17, 15) is 0 Å². The van der Waals surface area contributed by atoms with E-state index in [1.54, 1.807) is 21.3 Å². The second-order valence-corrected chi connectivity index (χ2v) is 19.1. The van der Waals surface area contributed by atoms with Crippen molar-refractivity contribution in [3.05, 3.63) is 137 Å². The first-order valence-corrected chi connectivity index (χ1v) is 22.3. The molecule has 0 amide bonds. The highest BCUT2D eigenvalue weighted by molar-refractivity contribution is 6.11. The molecule has 0 N–H and O–H groups in total. The third-order valence-corrected chi connectivity index (χ3v) is 13.3. The van der Waals surface area contributed by atoms with Crippen molar-refractivity contribution in [2.24, 2.45) is 10.8 Å². The Balaban J connectivity index is 1.37. The number of rotatable bonds is 12. The van der Waals surface area contributed by atoms with Gasteiger partial charge in [-0.2, -0.15) is 0 Å². The summed E-state index contributed by atoms with van der Waals surface area (Å²) in [6.45, 7) is 15.4. The normalized spacial score (nSPS) is 17.1. The maximum absolute atomic E-state index is 7.86. The Labute approximate surface area is 367 Å². The molecule has 2 aliphatic carbocycles. The zero-order chi connectivity index (χ0) is 43.4. The van der Waals surface area contributed by atoms with Gasteiger partial charge in [-0.1, -0.05) is 96.1 Å². The lowest BCUT2D eigenvalue weighted by molar-refractivity contribution is 0.0642. The molecule has 0 bridgehead atoms. The fourth-order valence-electron chi connectivity index (χ4n) is 11.6. The maximum atomic E-state index is 7.86. The van der Waals surface area contributed by atoms with Crippen molar-refractivity contribution in [2.45, 2.75) is 84.7 Å². The van der Waals surface area contributed by atoms with Gasteiger partial charge in [-0.05, 0) is 125 Å². The minimum absolute atomic E-state index is 0.0893. The lowest BCUT2D eigenvalue weighted by Crippen LogP contribution is -2.44. The Hall–Kier alpha value is -5.88. The molecule has 1 heterocycles. The molecule has 0 aromatic heterocycles. The number of methoxy groups -OCH3 is 3. The first-order valence-electron chi connectivity index (χ1n) is 22.3. The average Bonchev–Trinajstić information content (AvgIpc) is 3.54. The molecule has 320 valence electrons. The number of hydrogen-bond donors (Lipinski definition) is 0. The van der Waals surface area contributed by atoms with Crippen LogP contribution in [0.3, 0.4) is 0 Å². The molecule has 6 nitrogen and oxygen atoms in total. The standard InChI is InChI=1S/C56H60O6/c1-10-28-60-38-20-16-36(17-21-38)56(37-18-22-39(23-19-37)61-29-11-2)27-26-43-51-50(42-14-12-13-15-47(42)55(51)34-53(3,4)33-54(5,6)35-55)45-31-44(49(59-9)32-46(45)52(43)62-56)41-25-24-40(57-7)30-48(41)58-8/h12-27,30-32H,10-11,28-29,33-35H2,1-9H3. The Bertz CT molecular complexity index is 2600. The molecule has 1 fully saturated rings. The van der Waals surface area contributed by atoms with Gasteiger partial charge in [0.15, 0.2) is 5.60 Å². The highest BCUT2D eigenvalue weighted by atomic mass is 16.5. The fraction of sp³-hybridized carbons (Fsp3) is 0.357. The van der Waals surface area contributed by atoms with Crippen molar-refractivity contribution < 1.29 is 28.4 Å². The van der Waals surface area contributed by atoms with Crippen molar-refractivity contribution in [2.75, 3.05) is 34.5 Å². The molecular formula is C56H60O6. The maximum Gasteiger partial charge on any atom is 0.178 e. The topological polar surface area (TPSA) is 55.4 Å². The molecule has 0 atom stereocenters. The van der Waals surface area contributed by atoms with Crippen LogP contribution in [-0.4, -0.2) is 34.5 Å². The predicted octanol–water partition coefficient (Wildman–Crippen LogP) is 14.0. The van der Waals surface area contributed by atoms with E-state index in [2.05, 4.69) is 145 Å². The summed E-state index contributed by atoms with van der Waals surface area (Å²) in [6, 6.07) is 36.5. The van der Waals surface area contributed by atoms with Crippen LogP contribution in [0.2, 0.25) is 0 Å². The van der Waals surface area contributed by atoms with E-state index in [0.717, 1.165) is 99.4 Å². The number of ether oxygens (including phenoxy) is 6. The first kappa shape index (κ1) is 41.5. The van der Waals surface area contributed by atoms with Crippen molar-refractivity contribution in [1.82, 2.24) is 0 Å². The molecule has 3 aliphatic rings. The van der Waals surface area contributed by atoms with Gasteiger partial charge in [0.1, 0.15) is 34.5 Å². The molecule has 0 radical (unpaired) electrons. The third kappa shape index (κ3) is 6.87. The van der Waals surface area contributed by atoms with Gasteiger partial charge in [0, 0.05) is 44.7 Å². The molecule has 0 saturated heterocycles. The van der Waals surface area contributed by atoms with Gasteiger partial charge in [-0.25, -0.2) is 0 Å². The summed E-state index contributed by atoms with van der Waals surface area (Å²) in [5, 5.41) is 2.11. The van der Waals surface area contributed by atoms with Gasteiger partial charge >= 0.3 is 0 Å². The Kier molecular flexibility index (Phi) is 10.6. The fourth-order valence-corrected chi connectivity index (χ4v) is 11.6. The van der Waals surface area contributed by atoms with E-state index in [4.69, 9.17) is 28.4 Å². The van der Waals surface area contributed by atoms with Gasteiger partial charge in [0.25, 0.3) is 0 Å². The van der Waals surface area contributed by atoms with E-state index < -0.39 is 5.60 Å². The number of fused-ring (bicyclic) bond motifs is 10. The van der Waals surface area contributed by atoms with Crippen LogP contribution in [0.25, 0.3) is 39.1 Å². The molecule has 6 aromatic rings.